The zero-order chi connectivity index (χ0) is 16.8. The fraction of sp³-hybridized carbons (Fsp3) is 0.700. The molecule has 0 amide bonds. The summed E-state index contributed by atoms with van der Waals surface area (Å²) in [5.74, 6) is 0.695. The Morgan fingerprint density at radius 3 is 2.50 bits per heavy atom. The second kappa shape index (κ2) is 8.93. The van der Waals surface area contributed by atoms with Gasteiger partial charge in [-0.2, -0.15) is 0 Å². The predicted molar refractivity (Wildman–Crippen MR) is 95.3 cm³/mol. The summed E-state index contributed by atoms with van der Waals surface area (Å²) >= 11 is 0. The number of halogens is 1. The van der Waals surface area contributed by atoms with E-state index in [4.69, 9.17) is 0 Å². The molecule has 1 aliphatic carbocycles. The van der Waals surface area contributed by atoms with E-state index in [1.165, 1.54) is 50.8 Å². The molecule has 4 heteroatoms. The van der Waals surface area contributed by atoms with Gasteiger partial charge in [0.1, 0.15) is 5.82 Å². The number of aliphatic hydroxyl groups excluding tert-OH is 1. The molecule has 0 bridgehead atoms. The molecular weight excluding hydrogens is 303 g/mol. The van der Waals surface area contributed by atoms with Crippen LogP contribution in [0.15, 0.2) is 24.3 Å². The Bertz CT molecular complexity index is 487. The van der Waals surface area contributed by atoms with E-state index in [1.807, 2.05) is 12.1 Å². The van der Waals surface area contributed by atoms with Gasteiger partial charge >= 0.3 is 0 Å². The second-order valence-electron chi connectivity index (χ2n) is 7.53. The van der Waals surface area contributed by atoms with Gasteiger partial charge in [0.2, 0.25) is 0 Å². The van der Waals surface area contributed by atoms with Gasteiger partial charge in [0, 0.05) is 45.4 Å². The van der Waals surface area contributed by atoms with Crippen LogP contribution in [0.5, 0.6) is 0 Å². The molecule has 24 heavy (non-hydrogen) atoms. The smallest absolute Gasteiger partial charge is 0.123 e. The lowest BCUT2D eigenvalue weighted by molar-refractivity contribution is 0.0426. The fourth-order valence-corrected chi connectivity index (χ4v) is 4.31. The lowest BCUT2D eigenvalue weighted by Gasteiger charge is -2.43. The van der Waals surface area contributed by atoms with Gasteiger partial charge in [-0.15, -0.1) is 0 Å². The van der Waals surface area contributed by atoms with Crippen LogP contribution in [0.3, 0.4) is 0 Å². The summed E-state index contributed by atoms with van der Waals surface area (Å²) in [7, 11) is 0. The number of hydrogen-bond donors (Lipinski definition) is 1. The van der Waals surface area contributed by atoms with E-state index in [2.05, 4.69) is 9.80 Å². The largest absolute Gasteiger partial charge is 0.396 e. The first-order valence-corrected chi connectivity index (χ1v) is 9.56. The zero-order valence-corrected chi connectivity index (χ0v) is 14.7. The maximum Gasteiger partial charge on any atom is 0.123 e. The quantitative estimate of drug-likeness (QED) is 0.865. The van der Waals surface area contributed by atoms with Crippen molar-refractivity contribution in [1.82, 2.24) is 9.80 Å². The molecule has 2 fully saturated rings. The monoisotopic (exact) mass is 334 g/mol. The SMILES string of the molecule is OCCC1CN(CC2CCCCC2)CCN1Cc1ccc(F)cc1. The highest BCUT2D eigenvalue weighted by molar-refractivity contribution is 5.16. The first kappa shape index (κ1) is 17.8. The van der Waals surface area contributed by atoms with Crippen LogP contribution < -0.4 is 0 Å². The Balaban J connectivity index is 1.55. The van der Waals surface area contributed by atoms with Crippen LogP contribution in [0.2, 0.25) is 0 Å². The van der Waals surface area contributed by atoms with E-state index >= 15 is 0 Å². The van der Waals surface area contributed by atoms with Crippen LogP contribution in [0.25, 0.3) is 0 Å². The van der Waals surface area contributed by atoms with Crippen LogP contribution in [-0.2, 0) is 6.54 Å². The van der Waals surface area contributed by atoms with Crippen molar-refractivity contribution in [2.45, 2.75) is 51.1 Å². The van der Waals surface area contributed by atoms with Crippen molar-refractivity contribution in [2.75, 3.05) is 32.8 Å². The first-order chi connectivity index (χ1) is 11.7. The fourth-order valence-electron chi connectivity index (χ4n) is 4.31. The maximum absolute atomic E-state index is 13.1. The number of rotatable bonds is 6. The van der Waals surface area contributed by atoms with Crippen molar-refractivity contribution in [3.63, 3.8) is 0 Å². The van der Waals surface area contributed by atoms with E-state index in [9.17, 15) is 9.50 Å². The van der Waals surface area contributed by atoms with Gasteiger partial charge in [0.25, 0.3) is 0 Å². The van der Waals surface area contributed by atoms with Crippen molar-refractivity contribution >= 4 is 0 Å². The Morgan fingerprint density at radius 1 is 1.04 bits per heavy atom. The van der Waals surface area contributed by atoms with Crippen LogP contribution in [0, 0.1) is 11.7 Å². The van der Waals surface area contributed by atoms with Gasteiger partial charge in [-0.1, -0.05) is 31.4 Å². The van der Waals surface area contributed by atoms with Crippen molar-refractivity contribution in [3.8, 4) is 0 Å². The van der Waals surface area contributed by atoms with E-state index in [0.717, 1.165) is 44.1 Å². The van der Waals surface area contributed by atoms with Gasteiger partial charge < -0.3 is 10.0 Å². The second-order valence-corrected chi connectivity index (χ2v) is 7.53. The molecular formula is C20H31FN2O. The highest BCUT2D eigenvalue weighted by Crippen LogP contribution is 2.26. The van der Waals surface area contributed by atoms with E-state index < -0.39 is 0 Å². The maximum atomic E-state index is 13.1. The summed E-state index contributed by atoms with van der Waals surface area (Å²) in [6.45, 7) is 5.52. The Labute approximate surface area is 145 Å². The molecule has 1 aliphatic heterocycles. The topological polar surface area (TPSA) is 26.7 Å². The highest BCUT2D eigenvalue weighted by Gasteiger charge is 2.28. The summed E-state index contributed by atoms with van der Waals surface area (Å²) in [5.41, 5.74) is 1.15. The van der Waals surface area contributed by atoms with Crippen LogP contribution >= 0.6 is 0 Å². The number of nitrogens with zero attached hydrogens (tertiary/aromatic N) is 2. The van der Waals surface area contributed by atoms with Crippen LogP contribution in [0.4, 0.5) is 4.39 Å². The molecule has 1 saturated heterocycles. The van der Waals surface area contributed by atoms with E-state index in [1.54, 1.807) is 0 Å². The van der Waals surface area contributed by atoms with E-state index in [-0.39, 0.29) is 12.4 Å². The molecule has 1 aromatic carbocycles. The van der Waals surface area contributed by atoms with Crippen molar-refractivity contribution in [2.24, 2.45) is 5.92 Å². The zero-order valence-electron chi connectivity index (χ0n) is 14.7. The summed E-state index contributed by atoms with van der Waals surface area (Å²) in [6, 6.07) is 7.22. The average molecular weight is 334 g/mol. The molecule has 1 N–H and O–H groups in total. The average Bonchev–Trinajstić information content (AvgIpc) is 2.60. The molecule has 2 aliphatic rings. The highest BCUT2D eigenvalue weighted by atomic mass is 19.1. The minimum Gasteiger partial charge on any atom is -0.396 e. The third kappa shape index (κ3) is 5.01. The molecule has 0 radical (unpaired) electrons. The number of benzene rings is 1. The molecule has 134 valence electrons. The molecule has 1 aromatic rings. The summed E-state index contributed by atoms with van der Waals surface area (Å²) in [6.07, 6.45) is 7.81. The molecule has 0 aromatic heterocycles. The third-order valence-electron chi connectivity index (χ3n) is 5.69. The Morgan fingerprint density at radius 2 is 1.79 bits per heavy atom. The van der Waals surface area contributed by atoms with E-state index in [0.29, 0.717) is 6.04 Å². The molecule has 3 rings (SSSR count). The molecule has 1 atom stereocenters. The van der Waals surface area contributed by atoms with Gasteiger partial charge in [0.05, 0.1) is 0 Å². The van der Waals surface area contributed by atoms with Gasteiger partial charge in [-0.3, -0.25) is 4.90 Å². The summed E-state index contributed by atoms with van der Waals surface area (Å²) < 4.78 is 13.1. The number of piperazine rings is 1. The van der Waals surface area contributed by atoms with Gasteiger partial charge in [0.15, 0.2) is 0 Å². The van der Waals surface area contributed by atoms with Gasteiger partial charge in [-0.05, 0) is 42.9 Å². The first-order valence-electron chi connectivity index (χ1n) is 9.56. The normalized spacial score (nSPS) is 24.3. The van der Waals surface area contributed by atoms with Crippen molar-refractivity contribution in [1.29, 1.82) is 0 Å². The molecule has 1 saturated carbocycles. The molecule has 1 unspecified atom stereocenters. The molecule has 1 heterocycles. The third-order valence-corrected chi connectivity index (χ3v) is 5.69. The van der Waals surface area contributed by atoms with Gasteiger partial charge in [-0.25, -0.2) is 4.39 Å². The number of hydrogen-bond acceptors (Lipinski definition) is 3. The van der Waals surface area contributed by atoms with Crippen LogP contribution in [0.1, 0.15) is 44.1 Å². The Kier molecular flexibility index (Phi) is 6.64. The lowest BCUT2D eigenvalue weighted by Crippen LogP contribution is -2.53. The minimum absolute atomic E-state index is 0.178. The standard InChI is InChI=1S/C20H31FN2O/c21-19-8-6-18(7-9-19)15-23-12-11-22(16-20(23)10-13-24)14-17-4-2-1-3-5-17/h6-9,17,20,24H,1-5,10-16H2. The summed E-state index contributed by atoms with van der Waals surface area (Å²) in [5, 5.41) is 9.45. The lowest BCUT2D eigenvalue weighted by atomic mass is 9.88. The van der Waals surface area contributed by atoms with Crippen LogP contribution in [-0.4, -0.2) is 53.7 Å². The van der Waals surface area contributed by atoms with Crippen molar-refractivity contribution in [3.05, 3.63) is 35.6 Å². The van der Waals surface area contributed by atoms with Crippen molar-refractivity contribution < 1.29 is 9.50 Å². The number of aliphatic hydroxyl groups is 1. The predicted octanol–water partition coefficient (Wildman–Crippen LogP) is 3.27. The summed E-state index contributed by atoms with van der Waals surface area (Å²) in [4.78, 5) is 5.07. The minimum atomic E-state index is -0.178. The Hall–Kier alpha value is -0.970. The molecule has 0 spiro atoms. The molecule has 3 nitrogen and oxygen atoms in total.